The Morgan fingerprint density at radius 1 is 1.53 bits per heavy atom. The molecule has 0 amide bonds. The lowest BCUT2D eigenvalue weighted by atomic mass is 10.2. The summed E-state index contributed by atoms with van der Waals surface area (Å²) in [5, 5.41) is 10.9. The summed E-state index contributed by atoms with van der Waals surface area (Å²) in [6.07, 6.45) is 0.527. The summed E-state index contributed by atoms with van der Waals surface area (Å²) in [4.78, 5) is 12.0. The summed E-state index contributed by atoms with van der Waals surface area (Å²) in [5.74, 6) is -0.922. The molecule has 0 aliphatic heterocycles. The van der Waals surface area contributed by atoms with Crippen molar-refractivity contribution in [3.05, 3.63) is 22.4 Å². The molecule has 0 radical (unpaired) electrons. The number of rotatable bonds is 9. The van der Waals surface area contributed by atoms with E-state index in [9.17, 15) is 4.79 Å². The molecule has 0 saturated carbocycles. The van der Waals surface area contributed by atoms with Crippen LogP contribution in [0.5, 0.6) is 0 Å². The highest BCUT2D eigenvalue weighted by Crippen LogP contribution is 2.09. The van der Waals surface area contributed by atoms with Gasteiger partial charge in [-0.15, -0.1) is 11.3 Å². The van der Waals surface area contributed by atoms with Crippen molar-refractivity contribution < 1.29 is 19.4 Å². The Morgan fingerprint density at radius 2 is 2.35 bits per heavy atom. The van der Waals surface area contributed by atoms with Gasteiger partial charge in [0.25, 0.3) is 0 Å². The first-order valence-corrected chi connectivity index (χ1v) is 6.56. The van der Waals surface area contributed by atoms with Crippen LogP contribution in [-0.2, 0) is 20.7 Å². The second-order valence-electron chi connectivity index (χ2n) is 3.51. The third kappa shape index (κ3) is 5.81. The summed E-state index contributed by atoms with van der Waals surface area (Å²) in [7, 11) is 0. The maximum atomic E-state index is 10.8. The third-order valence-electron chi connectivity index (χ3n) is 2.24. The molecular formula is C12H18O4S. The summed E-state index contributed by atoms with van der Waals surface area (Å²) in [6, 6.07) is 4.07. The van der Waals surface area contributed by atoms with Crippen molar-refractivity contribution in [2.45, 2.75) is 25.9 Å². The lowest BCUT2D eigenvalue weighted by molar-refractivity contribution is -0.151. The molecule has 0 fully saturated rings. The van der Waals surface area contributed by atoms with E-state index in [1.165, 1.54) is 4.88 Å². The number of thiophene rings is 1. The molecule has 0 aliphatic rings. The van der Waals surface area contributed by atoms with Gasteiger partial charge in [0.05, 0.1) is 6.61 Å². The van der Waals surface area contributed by atoms with E-state index >= 15 is 0 Å². The SMILES string of the molecule is CCOC(CCOCCc1cccs1)C(=O)O. The molecular weight excluding hydrogens is 240 g/mol. The molecule has 0 spiro atoms. The predicted molar refractivity (Wildman–Crippen MR) is 66.5 cm³/mol. The van der Waals surface area contributed by atoms with Crippen molar-refractivity contribution in [3.63, 3.8) is 0 Å². The first-order chi connectivity index (χ1) is 8.24. The smallest absolute Gasteiger partial charge is 0.332 e. The second-order valence-corrected chi connectivity index (χ2v) is 4.54. The highest BCUT2D eigenvalue weighted by molar-refractivity contribution is 7.09. The molecule has 5 heteroatoms. The van der Waals surface area contributed by atoms with Crippen molar-refractivity contribution in [2.75, 3.05) is 19.8 Å². The van der Waals surface area contributed by atoms with Crippen molar-refractivity contribution in [3.8, 4) is 0 Å². The van der Waals surface area contributed by atoms with E-state index in [0.717, 1.165) is 6.42 Å². The van der Waals surface area contributed by atoms with Gasteiger partial charge in [-0.3, -0.25) is 0 Å². The monoisotopic (exact) mass is 258 g/mol. The summed E-state index contributed by atoms with van der Waals surface area (Å²) < 4.78 is 10.5. The van der Waals surface area contributed by atoms with Crippen LogP contribution in [0.3, 0.4) is 0 Å². The first-order valence-electron chi connectivity index (χ1n) is 5.68. The van der Waals surface area contributed by atoms with Gasteiger partial charge < -0.3 is 14.6 Å². The fourth-order valence-electron chi connectivity index (χ4n) is 1.40. The zero-order chi connectivity index (χ0) is 12.5. The van der Waals surface area contributed by atoms with E-state index in [1.54, 1.807) is 18.3 Å². The molecule has 17 heavy (non-hydrogen) atoms. The molecule has 0 aliphatic carbocycles. The average molecular weight is 258 g/mol. The maximum absolute atomic E-state index is 10.8. The van der Waals surface area contributed by atoms with E-state index in [4.69, 9.17) is 14.6 Å². The lowest BCUT2D eigenvalue weighted by Gasteiger charge is -2.12. The predicted octanol–water partition coefficient (Wildman–Crippen LogP) is 2.19. The largest absolute Gasteiger partial charge is 0.479 e. The Morgan fingerprint density at radius 3 is 2.94 bits per heavy atom. The average Bonchev–Trinajstić information content (AvgIpc) is 2.80. The maximum Gasteiger partial charge on any atom is 0.332 e. The number of hydrogen-bond donors (Lipinski definition) is 1. The minimum Gasteiger partial charge on any atom is -0.479 e. The quantitative estimate of drug-likeness (QED) is 0.690. The Kier molecular flexibility index (Phi) is 6.84. The molecule has 0 saturated heterocycles. The van der Waals surface area contributed by atoms with Gasteiger partial charge in [0.15, 0.2) is 6.10 Å². The molecule has 4 nitrogen and oxygen atoms in total. The number of hydrogen-bond acceptors (Lipinski definition) is 4. The van der Waals surface area contributed by atoms with Crippen molar-refractivity contribution in [1.29, 1.82) is 0 Å². The van der Waals surface area contributed by atoms with E-state index < -0.39 is 12.1 Å². The van der Waals surface area contributed by atoms with Crippen LogP contribution >= 0.6 is 11.3 Å². The van der Waals surface area contributed by atoms with E-state index in [-0.39, 0.29) is 0 Å². The Hall–Kier alpha value is -0.910. The molecule has 96 valence electrons. The summed E-state index contributed by atoms with van der Waals surface area (Å²) >= 11 is 1.70. The fraction of sp³-hybridized carbons (Fsp3) is 0.583. The van der Waals surface area contributed by atoms with Crippen LogP contribution in [0.1, 0.15) is 18.2 Å². The normalized spacial score (nSPS) is 12.5. The van der Waals surface area contributed by atoms with Crippen molar-refractivity contribution in [2.24, 2.45) is 0 Å². The van der Waals surface area contributed by atoms with E-state index in [1.807, 2.05) is 11.4 Å². The molecule has 1 aromatic heterocycles. The van der Waals surface area contributed by atoms with Crippen LogP contribution in [0.15, 0.2) is 17.5 Å². The Bertz CT molecular complexity index is 310. The highest BCUT2D eigenvalue weighted by atomic mass is 32.1. The van der Waals surface area contributed by atoms with Gasteiger partial charge in [0.2, 0.25) is 0 Å². The van der Waals surface area contributed by atoms with Gasteiger partial charge in [-0.2, -0.15) is 0 Å². The number of aliphatic carboxylic acids is 1. The van der Waals surface area contributed by atoms with E-state index in [2.05, 4.69) is 6.07 Å². The molecule has 1 aromatic rings. The topological polar surface area (TPSA) is 55.8 Å². The van der Waals surface area contributed by atoms with E-state index in [0.29, 0.717) is 26.2 Å². The van der Waals surface area contributed by atoms with Crippen LogP contribution in [0.4, 0.5) is 0 Å². The molecule has 1 unspecified atom stereocenters. The molecule has 1 heterocycles. The number of carbonyl (C=O) groups is 1. The number of carboxylic acid groups (broad SMARTS) is 1. The van der Waals surface area contributed by atoms with Crippen LogP contribution < -0.4 is 0 Å². The van der Waals surface area contributed by atoms with Crippen LogP contribution in [-0.4, -0.2) is 37.0 Å². The van der Waals surface area contributed by atoms with Crippen LogP contribution in [0, 0.1) is 0 Å². The van der Waals surface area contributed by atoms with Crippen molar-refractivity contribution >= 4 is 17.3 Å². The van der Waals surface area contributed by atoms with Gasteiger partial charge >= 0.3 is 5.97 Å². The molecule has 1 atom stereocenters. The van der Waals surface area contributed by atoms with Crippen LogP contribution in [0.2, 0.25) is 0 Å². The van der Waals surface area contributed by atoms with Crippen molar-refractivity contribution in [1.82, 2.24) is 0 Å². The zero-order valence-corrected chi connectivity index (χ0v) is 10.7. The van der Waals surface area contributed by atoms with Crippen LogP contribution in [0.25, 0.3) is 0 Å². The summed E-state index contributed by atoms with van der Waals surface area (Å²) in [6.45, 7) is 3.24. The fourth-order valence-corrected chi connectivity index (χ4v) is 2.09. The molecule has 0 bridgehead atoms. The molecule has 1 N–H and O–H groups in total. The number of carboxylic acids is 1. The minimum atomic E-state index is -0.922. The zero-order valence-electron chi connectivity index (χ0n) is 9.93. The lowest BCUT2D eigenvalue weighted by Crippen LogP contribution is -2.25. The van der Waals surface area contributed by atoms with Gasteiger partial charge in [0, 0.05) is 30.9 Å². The highest BCUT2D eigenvalue weighted by Gasteiger charge is 2.16. The van der Waals surface area contributed by atoms with Gasteiger partial charge in [0.1, 0.15) is 0 Å². The standard InChI is InChI=1S/C12H18O4S/c1-2-16-11(12(13)14)6-8-15-7-5-10-4-3-9-17-10/h3-4,9,11H,2,5-8H2,1H3,(H,13,14). The Labute approximate surface area is 105 Å². The Balaban J connectivity index is 2.08. The van der Waals surface area contributed by atoms with Gasteiger partial charge in [-0.05, 0) is 18.4 Å². The number of ether oxygens (including phenoxy) is 2. The molecule has 1 rings (SSSR count). The summed E-state index contributed by atoms with van der Waals surface area (Å²) in [5.41, 5.74) is 0. The third-order valence-corrected chi connectivity index (χ3v) is 3.18. The first kappa shape index (κ1) is 14.2. The van der Waals surface area contributed by atoms with Gasteiger partial charge in [-0.1, -0.05) is 6.07 Å². The minimum absolute atomic E-state index is 0.396. The van der Waals surface area contributed by atoms with Gasteiger partial charge in [-0.25, -0.2) is 4.79 Å². The second kappa shape index (κ2) is 8.22. The molecule has 0 aromatic carbocycles.